The van der Waals surface area contributed by atoms with E-state index in [9.17, 15) is 9.59 Å². The van der Waals surface area contributed by atoms with E-state index in [2.05, 4.69) is 0 Å². The summed E-state index contributed by atoms with van der Waals surface area (Å²) in [5, 5.41) is 26.2. The molecule has 5 heteroatoms. The van der Waals surface area contributed by atoms with Crippen molar-refractivity contribution in [3.63, 3.8) is 0 Å². The van der Waals surface area contributed by atoms with Crippen LogP contribution in [0, 0.1) is 11.8 Å². The SMILES string of the molecule is O=C(O)C1CC(O)C[C@H]1C(=O)O. The van der Waals surface area contributed by atoms with E-state index in [0.29, 0.717) is 0 Å². The quantitative estimate of drug-likeness (QED) is 0.526. The van der Waals surface area contributed by atoms with Crippen molar-refractivity contribution in [1.82, 2.24) is 0 Å². The summed E-state index contributed by atoms with van der Waals surface area (Å²) in [7, 11) is 0. The second kappa shape index (κ2) is 3.10. The van der Waals surface area contributed by atoms with Gasteiger partial charge in [-0.3, -0.25) is 9.59 Å². The third-order valence-corrected chi connectivity index (χ3v) is 2.17. The molecule has 0 saturated heterocycles. The van der Waals surface area contributed by atoms with Crippen molar-refractivity contribution >= 4 is 11.9 Å². The third-order valence-electron chi connectivity index (χ3n) is 2.17. The largest absolute Gasteiger partial charge is 0.481 e. The predicted octanol–water partition coefficient (Wildman–Crippen LogP) is -0.457. The molecule has 0 aromatic carbocycles. The van der Waals surface area contributed by atoms with Gasteiger partial charge < -0.3 is 15.3 Å². The van der Waals surface area contributed by atoms with Crippen LogP contribution < -0.4 is 0 Å². The number of aliphatic carboxylic acids is 2. The number of carbonyl (C=O) groups is 2. The van der Waals surface area contributed by atoms with E-state index in [1.807, 2.05) is 0 Å². The van der Waals surface area contributed by atoms with Crippen LogP contribution >= 0.6 is 0 Å². The maximum absolute atomic E-state index is 10.5. The van der Waals surface area contributed by atoms with E-state index in [1.54, 1.807) is 0 Å². The molecular weight excluding hydrogens is 164 g/mol. The molecule has 1 fully saturated rings. The first-order chi connectivity index (χ1) is 5.52. The van der Waals surface area contributed by atoms with Gasteiger partial charge in [-0.25, -0.2) is 0 Å². The van der Waals surface area contributed by atoms with Crippen molar-refractivity contribution in [3.8, 4) is 0 Å². The molecular formula is C7H10O5. The van der Waals surface area contributed by atoms with Crippen molar-refractivity contribution in [2.75, 3.05) is 0 Å². The lowest BCUT2D eigenvalue weighted by molar-refractivity contribution is -0.152. The standard InChI is InChI=1S/C7H10O5/c8-3-1-4(6(9)10)5(2-3)7(11)12/h3-5,8H,1-2H2,(H,9,10)(H,11,12)/t3?,4-,5?/m1/s1. The molecule has 68 valence electrons. The van der Waals surface area contributed by atoms with Crippen LogP contribution in [0.1, 0.15) is 12.8 Å². The molecule has 0 radical (unpaired) electrons. The highest BCUT2D eigenvalue weighted by Gasteiger charge is 2.42. The van der Waals surface area contributed by atoms with E-state index in [0.717, 1.165) is 0 Å². The molecule has 0 aromatic rings. The van der Waals surface area contributed by atoms with Crippen LogP contribution in [0.3, 0.4) is 0 Å². The average molecular weight is 174 g/mol. The van der Waals surface area contributed by atoms with E-state index in [1.165, 1.54) is 0 Å². The number of aliphatic hydroxyl groups excluding tert-OH is 1. The summed E-state index contributed by atoms with van der Waals surface area (Å²) < 4.78 is 0. The number of aliphatic hydroxyl groups is 1. The normalized spacial score (nSPS) is 34.9. The molecule has 0 amide bonds. The molecule has 0 aliphatic heterocycles. The Bertz CT molecular complexity index is 190. The second-order valence-corrected chi connectivity index (χ2v) is 3.01. The number of carboxylic acid groups (broad SMARTS) is 2. The van der Waals surface area contributed by atoms with E-state index >= 15 is 0 Å². The Morgan fingerprint density at radius 2 is 1.33 bits per heavy atom. The van der Waals surface area contributed by atoms with Gasteiger partial charge in [0.2, 0.25) is 0 Å². The maximum atomic E-state index is 10.5. The van der Waals surface area contributed by atoms with Gasteiger partial charge in [-0.1, -0.05) is 0 Å². The molecule has 1 rings (SSSR count). The van der Waals surface area contributed by atoms with Gasteiger partial charge >= 0.3 is 11.9 Å². The molecule has 3 N–H and O–H groups in total. The number of hydrogen-bond acceptors (Lipinski definition) is 3. The summed E-state index contributed by atoms with van der Waals surface area (Å²) in [5.41, 5.74) is 0. The first-order valence-corrected chi connectivity index (χ1v) is 3.66. The topological polar surface area (TPSA) is 94.8 Å². The van der Waals surface area contributed by atoms with Gasteiger partial charge in [0.1, 0.15) is 0 Å². The zero-order valence-electron chi connectivity index (χ0n) is 6.30. The fourth-order valence-corrected chi connectivity index (χ4v) is 1.56. The zero-order valence-corrected chi connectivity index (χ0v) is 6.30. The third kappa shape index (κ3) is 1.55. The highest BCUT2D eigenvalue weighted by atomic mass is 16.4. The molecule has 0 bridgehead atoms. The fraction of sp³-hybridized carbons (Fsp3) is 0.714. The fourth-order valence-electron chi connectivity index (χ4n) is 1.56. The first kappa shape index (κ1) is 8.99. The van der Waals surface area contributed by atoms with Crippen LogP contribution in [0.25, 0.3) is 0 Å². The molecule has 1 saturated carbocycles. The Morgan fingerprint density at radius 3 is 1.58 bits per heavy atom. The Balaban J connectivity index is 2.72. The Kier molecular flexibility index (Phi) is 2.32. The van der Waals surface area contributed by atoms with Crippen LogP contribution in [-0.4, -0.2) is 33.4 Å². The highest BCUT2D eigenvalue weighted by Crippen LogP contribution is 2.32. The van der Waals surface area contributed by atoms with Gasteiger partial charge in [-0.15, -0.1) is 0 Å². The summed E-state index contributed by atoms with van der Waals surface area (Å²) in [4.78, 5) is 21.0. The van der Waals surface area contributed by atoms with Crippen molar-refractivity contribution in [3.05, 3.63) is 0 Å². The smallest absolute Gasteiger partial charge is 0.307 e. The molecule has 5 nitrogen and oxygen atoms in total. The molecule has 2 unspecified atom stereocenters. The molecule has 3 atom stereocenters. The van der Waals surface area contributed by atoms with Crippen LogP contribution in [0.4, 0.5) is 0 Å². The van der Waals surface area contributed by atoms with Gasteiger partial charge in [-0.2, -0.15) is 0 Å². The second-order valence-electron chi connectivity index (χ2n) is 3.01. The molecule has 1 aliphatic carbocycles. The lowest BCUT2D eigenvalue weighted by Crippen LogP contribution is -2.24. The van der Waals surface area contributed by atoms with Gasteiger partial charge in [-0.05, 0) is 12.8 Å². The van der Waals surface area contributed by atoms with Crippen LogP contribution in [0.5, 0.6) is 0 Å². The van der Waals surface area contributed by atoms with Gasteiger partial charge in [0, 0.05) is 0 Å². The first-order valence-electron chi connectivity index (χ1n) is 3.66. The number of hydrogen-bond donors (Lipinski definition) is 3. The predicted molar refractivity (Wildman–Crippen MR) is 37.5 cm³/mol. The van der Waals surface area contributed by atoms with Crippen molar-refractivity contribution in [2.24, 2.45) is 11.8 Å². The minimum absolute atomic E-state index is 0.0479. The van der Waals surface area contributed by atoms with Crippen molar-refractivity contribution < 1.29 is 24.9 Å². The van der Waals surface area contributed by atoms with Crippen LogP contribution in [-0.2, 0) is 9.59 Å². The molecule has 12 heavy (non-hydrogen) atoms. The van der Waals surface area contributed by atoms with E-state index < -0.39 is 29.9 Å². The van der Waals surface area contributed by atoms with Crippen LogP contribution in [0.15, 0.2) is 0 Å². The Morgan fingerprint density at radius 1 is 1.00 bits per heavy atom. The minimum atomic E-state index is -1.14. The summed E-state index contributed by atoms with van der Waals surface area (Å²) in [6.07, 6.45) is -0.689. The highest BCUT2D eigenvalue weighted by molar-refractivity contribution is 5.80. The summed E-state index contributed by atoms with van der Waals surface area (Å²) in [6.45, 7) is 0. The van der Waals surface area contributed by atoms with E-state index in [4.69, 9.17) is 15.3 Å². The monoisotopic (exact) mass is 174 g/mol. The van der Waals surface area contributed by atoms with Gasteiger partial charge in [0.15, 0.2) is 0 Å². The lowest BCUT2D eigenvalue weighted by atomic mass is 9.97. The molecule has 1 aliphatic rings. The molecule has 0 aromatic heterocycles. The maximum Gasteiger partial charge on any atom is 0.307 e. The zero-order chi connectivity index (χ0) is 9.30. The molecule has 0 heterocycles. The lowest BCUT2D eigenvalue weighted by Gasteiger charge is -2.08. The summed E-state index contributed by atoms with van der Waals surface area (Å²) in [6, 6.07) is 0. The Hall–Kier alpha value is -1.10. The average Bonchev–Trinajstić information content (AvgIpc) is 2.31. The Labute approximate surface area is 68.6 Å². The van der Waals surface area contributed by atoms with Crippen molar-refractivity contribution in [1.29, 1.82) is 0 Å². The van der Waals surface area contributed by atoms with Crippen LogP contribution in [0.2, 0.25) is 0 Å². The number of rotatable bonds is 2. The molecule has 0 spiro atoms. The van der Waals surface area contributed by atoms with Gasteiger partial charge in [0.05, 0.1) is 17.9 Å². The van der Waals surface area contributed by atoms with Gasteiger partial charge in [0.25, 0.3) is 0 Å². The summed E-state index contributed by atoms with van der Waals surface area (Å²) in [5.74, 6) is -4.15. The number of carboxylic acids is 2. The summed E-state index contributed by atoms with van der Waals surface area (Å²) >= 11 is 0. The van der Waals surface area contributed by atoms with E-state index in [-0.39, 0.29) is 12.8 Å². The van der Waals surface area contributed by atoms with Crippen molar-refractivity contribution in [2.45, 2.75) is 18.9 Å². The minimum Gasteiger partial charge on any atom is -0.481 e.